The molecule has 3 rings (SSSR count). The highest BCUT2D eigenvalue weighted by Gasteiger charge is 2.17. The number of aromatic nitrogens is 2. The molecule has 2 N–H and O–H groups in total. The molecule has 0 aliphatic carbocycles. The van der Waals surface area contributed by atoms with Gasteiger partial charge in [-0.2, -0.15) is 0 Å². The van der Waals surface area contributed by atoms with Crippen molar-refractivity contribution in [3.8, 4) is 10.6 Å². The number of carbonyl (C=O) groups excluding carboxylic acids is 1. The number of pyridine rings is 1. The van der Waals surface area contributed by atoms with E-state index >= 15 is 0 Å². The van der Waals surface area contributed by atoms with Crippen molar-refractivity contribution in [2.75, 3.05) is 11.9 Å². The molecule has 6 nitrogen and oxygen atoms in total. The first-order chi connectivity index (χ1) is 13.4. The maximum absolute atomic E-state index is 11.6. The molecule has 3 aromatic rings. The number of hydrogen-bond acceptors (Lipinski definition) is 5. The Balaban J connectivity index is 2.05. The number of benzene rings is 1. The van der Waals surface area contributed by atoms with E-state index in [1.165, 1.54) is 24.6 Å². The summed E-state index contributed by atoms with van der Waals surface area (Å²) in [4.78, 5) is 23.1. The third-order valence-corrected chi connectivity index (χ3v) is 5.57. The second-order valence-corrected chi connectivity index (χ2v) is 7.91. The highest BCUT2D eigenvalue weighted by molar-refractivity contribution is 7.21. The van der Waals surface area contributed by atoms with Gasteiger partial charge < -0.3 is 10.2 Å². The predicted molar refractivity (Wildman–Crippen MR) is 117 cm³/mol. The molecule has 2 heterocycles. The van der Waals surface area contributed by atoms with Gasteiger partial charge in [0.05, 0.1) is 18.1 Å². The first-order valence-corrected chi connectivity index (χ1v) is 10.2. The van der Waals surface area contributed by atoms with Gasteiger partial charge in [-0.1, -0.05) is 54.5 Å². The third-order valence-electron chi connectivity index (χ3n) is 4.38. The topological polar surface area (TPSA) is 82.0 Å². The van der Waals surface area contributed by atoms with E-state index in [-0.39, 0.29) is 11.9 Å². The number of hydrogen-bond donors (Lipinski definition) is 2. The summed E-state index contributed by atoms with van der Waals surface area (Å²) in [6, 6.07) is 9.75. The van der Waals surface area contributed by atoms with Gasteiger partial charge in [-0.3, -0.25) is 10.2 Å². The van der Waals surface area contributed by atoms with Gasteiger partial charge in [0.15, 0.2) is 0 Å². The van der Waals surface area contributed by atoms with E-state index in [0.717, 1.165) is 39.5 Å². The number of carbonyl (C=O) groups is 1. The number of amides is 1. The summed E-state index contributed by atoms with van der Waals surface area (Å²) in [5.41, 5.74) is 3.47. The maximum atomic E-state index is 11.6. The van der Waals surface area contributed by atoms with E-state index in [0.29, 0.717) is 10.7 Å². The second-order valence-electron chi connectivity index (χ2n) is 6.54. The van der Waals surface area contributed by atoms with Crippen molar-refractivity contribution < 1.29 is 4.79 Å². The Labute approximate surface area is 173 Å². The van der Waals surface area contributed by atoms with Crippen molar-refractivity contribution in [2.24, 2.45) is 0 Å². The minimum absolute atomic E-state index is 0.0241. The molecule has 0 saturated carbocycles. The summed E-state index contributed by atoms with van der Waals surface area (Å²) in [6.45, 7) is 3.64. The molecule has 2 aromatic heterocycles. The smallest absolute Gasteiger partial charge is 0.217 e. The Hall–Kier alpha value is -2.51. The van der Waals surface area contributed by atoms with Gasteiger partial charge in [0.25, 0.3) is 0 Å². The van der Waals surface area contributed by atoms with Crippen LogP contribution in [-0.4, -0.2) is 29.3 Å². The van der Waals surface area contributed by atoms with Crippen molar-refractivity contribution in [1.29, 1.82) is 5.41 Å². The van der Waals surface area contributed by atoms with Crippen LogP contribution in [0.15, 0.2) is 30.3 Å². The Morgan fingerprint density at radius 1 is 1.39 bits per heavy atom. The van der Waals surface area contributed by atoms with Gasteiger partial charge in [0.2, 0.25) is 5.91 Å². The van der Waals surface area contributed by atoms with Gasteiger partial charge in [-0.15, -0.1) is 0 Å². The van der Waals surface area contributed by atoms with Crippen LogP contribution < -0.4 is 10.2 Å². The number of nitrogens with one attached hydrogen (secondary N) is 2. The summed E-state index contributed by atoms with van der Waals surface area (Å²) in [5.74, 6) is -0.0398. The Kier molecular flexibility index (Phi) is 6.26. The van der Waals surface area contributed by atoms with E-state index in [9.17, 15) is 4.79 Å². The van der Waals surface area contributed by atoms with Crippen LogP contribution in [0.3, 0.4) is 0 Å². The van der Waals surface area contributed by atoms with Crippen molar-refractivity contribution in [3.63, 3.8) is 0 Å². The summed E-state index contributed by atoms with van der Waals surface area (Å²) in [7, 11) is 1.78. The quantitative estimate of drug-likeness (QED) is 0.322. The molecule has 0 aliphatic heterocycles. The largest absolute Gasteiger partial charge is 0.350 e. The summed E-state index contributed by atoms with van der Waals surface area (Å²) < 4.78 is 0. The molecular formula is C20H22ClN5OS. The fraction of sp³-hybridized carbons (Fsp3) is 0.300. The average molecular weight is 416 g/mol. The van der Waals surface area contributed by atoms with Crippen LogP contribution in [0.5, 0.6) is 0 Å². The highest BCUT2D eigenvalue weighted by Crippen LogP contribution is 2.36. The van der Waals surface area contributed by atoms with E-state index in [2.05, 4.69) is 23.3 Å². The lowest BCUT2D eigenvalue weighted by Crippen LogP contribution is -2.25. The van der Waals surface area contributed by atoms with Crippen molar-refractivity contribution >= 4 is 51.2 Å². The Morgan fingerprint density at radius 3 is 2.86 bits per heavy atom. The van der Waals surface area contributed by atoms with Gasteiger partial charge in [-0.05, 0) is 18.1 Å². The summed E-state index contributed by atoms with van der Waals surface area (Å²) in [5, 5.41) is 11.7. The normalized spacial score (nSPS) is 12.0. The van der Waals surface area contributed by atoms with Crippen LogP contribution in [0.4, 0.5) is 5.69 Å². The molecule has 0 saturated heterocycles. The van der Waals surface area contributed by atoms with E-state index in [4.69, 9.17) is 22.0 Å². The van der Waals surface area contributed by atoms with Crippen LogP contribution >= 0.6 is 22.9 Å². The zero-order valence-corrected chi connectivity index (χ0v) is 17.6. The molecule has 0 bridgehead atoms. The number of halogens is 1. The number of anilines is 1. The lowest BCUT2D eigenvalue weighted by molar-refractivity contribution is -0.119. The molecule has 1 unspecified atom stereocenters. The molecule has 1 aromatic carbocycles. The molecule has 1 amide bonds. The predicted octanol–water partition coefficient (Wildman–Crippen LogP) is 5.03. The standard InChI is InChI=1S/C20H22ClN5OS/c1-4-6-15(23-12(2)27)13-7-5-8-14(9-13)19-25-18-16(26(3)11-22)10-17(21)24-20(18)28-19/h5,7-11,15,22H,4,6H2,1-3H3,(H,23,27). The van der Waals surface area contributed by atoms with Gasteiger partial charge in [0, 0.05) is 25.6 Å². The monoisotopic (exact) mass is 415 g/mol. The minimum atomic E-state index is -0.0398. The number of fused-ring (bicyclic) bond motifs is 1. The van der Waals surface area contributed by atoms with Crippen molar-refractivity contribution in [1.82, 2.24) is 15.3 Å². The van der Waals surface area contributed by atoms with Crippen LogP contribution in [-0.2, 0) is 4.79 Å². The number of nitrogens with zero attached hydrogens (tertiary/aromatic N) is 3. The van der Waals surface area contributed by atoms with E-state index < -0.39 is 0 Å². The molecule has 0 spiro atoms. The maximum Gasteiger partial charge on any atom is 0.217 e. The van der Waals surface area contributed by atoms with Crippen LogP contribution in [0.2, 0.25) is 5.15 Å². The molecule has 146 valence electrons. The first kappa shape index (κ1) is 20.2. The summed E-state index contributed by atoms with van der Waals surface area (Å²) >= 11 is 7.61. The molecule has 28 heavy (non-hydrogen) atoms. The van der Waals surface area contributed by atoms with Crippen LogP contribution in [0.1, 0.15) is 38.3 Å². The van der Waals surface area contributed by atoms with Crippen LogP contribution in [0.25, 0.3) is 20.9 Å². The minimum Gasteiger partial charge on any atom is -0.350 e. The average Bonchev–Trinajstić information content (AvgIpc) is 3.10. The first-order valence-electron chi connectivity index (χ1n) is 9.00. The highest BCUT2D eigenvalue weighted by atomic mass is 35.5. The van der Waals surface area contributed by atoms with Crippen LogP contribution in [0, 0.1) is 5.41 Å². The fourth-order valence-corrected chi connectivity index (χ4v) is 4.27. The number of thiazole rings is 1. The fourth-order valence-electron chi connectivity index (χ4n) is 3.07. The zero-order chi connectivity index (χ0) is 20.3. The molecule has 0 fully saturated rings. The summed E-state index contributed by atoms with van der Waals surface area (Å²) in [6.07, 6.45) is 3.06. The second kappa shape index (κ2) is 8.67. The van der Waals surface area contributed by atoms with E-state index in [1.54, 1.807) is 18.0 Å². The van der Waals surface area contributed by atoms with E-state index in [1.807, 2.05) is 18.2 Å². The number of rotatable bonds is 7. The molecule has 0 aliphatic rings. The lowest BCUT2D eigenvalue weighted by Gasteiger charge is -2.18. The van der Waals surface area contributed by atoms with Crippen molar-refractivity contribution in [2.45, 2.75) is 32.7 Å². The molecule has 0 radical (unpaired) electrons. The Morgan fingerprint density at radius 2 is 2.18 bits per heavy atom. The van der Waals surface area contributed by atoms with Gasteiger partial charge in [0.1, 0.15) is 20.5 Å². The third kappa shape index (κ3) is 4.31. The van der Waals surface area contributed by atoms with Gasteiger partial charge >= 0.3 is 0 Å². The molecule has 1 atom stereocenters. The zero-order valence-electron chi connectivity index (χ0n) is 16.0. The molecule has 8 heteroatoms. The lowest BCUT2D eigenvalue weighted by atomic mass is 10.00. The van der Waals surface area contributed by atoms with Crippen molar-refractivity contribution in [3.05, 3.63) is 41.0 Å². The molecular weight excluding hydrogens is 394 g/mol. The Bertz CT molecular complexity index is 1020. The SMILES string of the molecule is CCCC(NC(C)=O)c1cccc(-c2nc3c(N(C)C=N)cc(Cl)nc3s2)c1. The van der Waals surface area contributed by atoms with Gasteiger partial charge in [-0.25, -0.2) is 9.97 Å².